The minimum atomic E-state index is -4.69. The van der Waals surface area contributed by atoms with Gasteiger partial charge in [0.1, 0.15) is 12.7 Å². The third-order valence-corrected chi connectivity index (χ3v) is 7.31. The van der Waals surface area contributed by atoms with Crippen molar-refractivity contribution < 1.29 is 27.3 Å². The van der Waals surface area contributed by atoms with Gasteiger partial charge in [-0.15, -0.1) is 0 Å². The van der Waals surface area contributed by atoms with Crippen LogP contribution in [0.1, 0.15) is 18.4 Å². The van der Waals surface area contributed by atoms with Crippen molar-refractivity contribution in [1.29, 1.82) is 0 Å². The number of hydrogen-bond donors (Lipinski definition) is 4. The number of benzene rings is 1. The number of amides is 1. The van der Waals surface area contributed by atoms with Crippen LogP contribution in [0.5, 0.6) is 0 Å². The minimum absolute atomic E-state index is 0.000856. The Morgan fingerprint density at radius 2 is 2.06 bits per heavy atom. The topological polar surface area (TPSA) is 121 Å². The first-order valence-corrected chi connectivity index (χ1v) is 13.6. The second kappa shape index (κ2) is 9.50. The van der Waals surface area contributed by atoms with E-state index in [4.69, 9.17) is 0 Å². The molecule has 3 aromatic rings. The maximum atomic E-state index is 13.9. The fourth-order valence-corrected chi connectivity index (χ4v) is 5.66. The van der Waals surface area contributed by atoms with E-state index < -0.39 is 25.0 Å². The molecule has 1 aliphatic rings. The number of fused-ring (bicyclic) bond motifs is 1. The monoisotopic (exact) mass is 510 g/mol. The summed E-state index contributed by atoms with van der Waals surface area (Å²) in [6, 6.07) is 3.04. The highest BCUT2D eigenvalue weighted by molar-refractivity contribution is 7.71. The number of carbonyl (C=O) groups is 1. The molecule has 1 aromatic carbocycles. The van der Waals surface area contributed by atoms with E-state index in [1.165, 1.54) is 32.7 Å². The number of alkyl halides is 3. The van der Waals surface area contributed by atoms with Crippen LogP contribution in [0.25, 0.3) is 22.2 Å². The van der Waals surface area contributed by atoms with Crippen LogP contribution in [0.2, 0.25) is 0 Å². The smallest absolute Gasteiger partial charge is 0.419 e. The largest absolute Gasteiger partial charge is 0.453 e. The maximum Gasteiger partial charge on any atom is 0.419 e. The molecule has 0 unspecified atom stereocenters. The number of hydrogen-bond acceptors (Lipinski definition) is 7. The van der Waals surface area contributed by atoms with E-state index in [-0.39, 0.29) is 28.9 Å². The average Bonchev–Trinajstić information content (AvgIpc) is 3.21. The van der Waals surface area contributed by atoms with Crippen molar-refractivity contribution in [3.05, 3.63) is 30.1 Å². The predicted octanol–water partition coefficient (Wildman–Crippen LogP) is 4.23. The van der Waals surface area contributed by atoms with E-state index in [2.05, 4.69) is 35.6 Å². The second-order valence-corrected chi connectivity index (χ2v) is 11.8. The van der Waals surface area contributed by atoms with E-state index in [0.29, 0.717) is 22.8 Å². The Balaban J connectivity index is 1.86. The van der Waals surface area contributed by atoms with Gasteiger partial charge in [-0.05, 0) is 38.8 Å². The molecule has 1 aliphatic heterocycles. The molecule has 1 amide bonds. The van der Waals surface area contributed by atoms with Crippen LogP contribution < -0.4 is 21.3 Å². The summed E-state index contributed by atoms with van der Waals surface area (Å²) >= 11 is 0. The Kier molecular flexibility index (Phi) is 6.79. The number of H-pyrrole nitrogens is 1. The molecule has 13 heteroatoms. The quantitative estimate of drug-likeness (QED) is 0.379. The molecule has 0 spiro atoms. The molecule has 4 N–H and O–H groups in total. The molecule has 9 nitrogen and oxygen atoms in total. The normalized spacial score (nSPS) is 16.8. The van der Waals surface area contributed by atoms with Crippen LogP contribution in [0.15, 0.2) is 24.5 Å². The average molecular weight is 510 g/mol. The number of nitrogens with one attached hydrogen (secondary N) is 4. The summed E-state index contributed by atoms with van der Waals surface area (Å²) in [6.07, 6.45) is -1.49. The summed E-state index contributed by atoms with van der Waals surface area (Å²) in [7, 11) is -1.81. The van der Waals surface area contributed by atoms with Crippen molar-refractivity contribution in [2.75, 3.05) is 44.2 Å². The molecule has 4 rings (SSSR count). The van der Waals surface area contributed by atoms with Crippen LogP contribution in [0.4, 0.5) is 29.6 Å². The molecule has 0 saturated carbocycles. The number of piperidine rings is 1. The van der Waals surface area contributed by atoms with Crippen LogP contribution in [-0.2, 0) is 15.5 Å². The van der Waals surface area contributed by atoms with Gasteiger partial charge in [-0.3, -0.25) is 5.32 Å². The molecule has 0 radical (unpaired) electrons. The van der Waals surface area contributed by atoms with Gasteiger partial charge < -0.3 is 24.9 Å². The van der Waals surface area contributed by atoms with Gasteiger partial charge in [-0.1, -0.05) is 6.07 Å². The predicted molar refractivity (Wildman–Crippen MR) is 129 cm³/mol. The minimum Gasteiger partial charge on any atom is -0.453 e. The Hall–Kier alpha value is -3.11. The van der Waals surface area contributed by atoms with Gasteiger partial charge >= 0.3 is 12.3 Å². The molecule has 0 aliphatic carbocycles. The van der Waals surface area contributed by atoms with E-state index in [9.17, 15) is 22.5 Å². The Morgan fingerprint density at radius 1 is 1.29 bits per heavy atom. The van der Waals surface area contributed by atoms with Crippen molar-refractivity contribution in [1.82, 2.24) is 20.3 Å². The highest BCUT2D eigenvalue weighted by Gasteiger charge is 2.36. The summed E-state index contributed by atoms with van der Waals surface area (Å²) in [5.74, 6) is 0.0944. The van der Waals surface area contributed by atoms with Crippen LogP contribution in [-0.4, -0.2) is 60.6 Å². The molecular weight excluding hydrogens is 484 g/mol. The SMILES string of the molecule is COC(=O)Nc1ccc2c(-c3nc(N[C@H]4CCCNC4)ncc3C(F)(F)F)c[nH]c2c1P(C)(C)=O. The van der Waals surface area contributed by atoms with Crippen molar-refractivity contribution >= 4 is 41.1 Å². The molecule has 0 bridgehead atoms. The van der Waals surface area contributed by atoms with Crippen molar-refractivity contribution in [3.8, 4) is 11.3 Å². The summed E-state index contributed by atoms with van der Waals surface area (Å²) in [4.78, 5) is 22.9. The maximum absolute atomic E-state index is 13.9. The first-order valence-electron chi connectivity index (χ1n) is 11.0. The Morgan fingerprint density at radius 3 is 2.69 bits per heavy atom. The molecular formula is C22H26F3N6O3P. The fourth-order valence-electron chi connectivity index (χ4n) is 4.22. The fraction of sp³-hybridized carbons (Fsp3) is 0.409. The third kappa shape index (κ3) is 5.28. The number of ether oxygens (including phenoxy) is 1. The van der Waals surface area contributed by atoms with Crippen molar-refractivity contribution in [2.45, 2.75) is 25.1 Å². The van der Waals surface area contributed by atoms with Crippen molar-refractivity contribution in [2.24, 2.45) is 0 Å². The van der Waals surface area contributed by atoms with Gasteiger partial charge in [-0.25, -0.2) is 14.8 Å². The van der Waals surface area contributed by atoms with E-state index in [1.807, 2.05) is 0 Å². The van der Waals surface area contributed by atoms with Crippen molar-refractivity contribution in [3.63, 3.8) is 0 Å². The molecule has 1 saturated heterocycles. The van der Waals surface area contributed by atoms with E-state index in [0.717, 1.165) is 25.6 Å². The highest BCUT2D eigenvalue weighted by Crippen LogP contribution is 2.44. The zero-order valence-corrected chi connectivity index (χ0v) is 20.3. The second-order valence-electron chi connectivity index (χ2n) is 8.70. The zero-order valence-electron chi connectivity index (χ0n) is 19.4. The standard InChI is InChI=1S/C22H26F3N6O3P/c1-34-21(32)30-16-7-6-13-14(10-27-18(13)19(16)35(2,3)33)17-15(22(23,24)25)11-28-20(31-17)29-12-5-4-8-26-9-12/h6-7,10-12,26-27H,4-5,8-9H2,1-3H3,(H,30,32)(H,28,29,31)/t12-/m0/s1. The van der Waals surface area contributed by atoms with Gasteiger partial charge in [0.05, 0.1) is 29.3 Å². The number of aromatic nitrogens is 3. The van der Waals surface area contributed by atoms with Gasteiger partial charge in [0, 0.05) is 35.9 Å². The first-order chi connectivity index (χ1) is 16.5. The Bertz CT molecular complexity index is 1300. The lowest BCUT2D eigenvalue weighted by Gasteiger charge is -2.24. The van der Waals surface area contributed by atoms with Crippen LogP contribution in [0, 0.1) is 0 Å². The van der Waals surface area contributed by atoms with Gasteiger partial charge in [0.15, 0.2) is 0 Å². The number of carbonyl (C=O) groups excluding carboxylic acids is 1. The van der Waals surface area contributed by atoms with E-state index >= 15 is 0 Å². The van der Waals surface area contributed by atoms with Crippen LogP contribution in [0.3, 0.4) is 0 Å². The molecule has 35 heavy (non-hydrogen) atoms. The summed E-state index contributed by atoms with van der Waals surface area (Å²) in [5.41, 5.74) is -0.511. The van der Waals surface area contributed by atoms with Gasteiger partial charge in [0.2, 0.25) is 5.95 Å². The number of rotatable bonds is 5. The van der Waals surface area contributed by atoms with E-state index in [1.54, 1.807) is 6.07 Å². The highest BCUT2D eigenvalue weighted by atomic mass is 31.2. The number of nitrogens with zero attached hydrogens (tertiary/aromatic N) is 2. The summed E-state index contributed by atoms with van der Waals surface area (Å²) < 4.78 is 59.5. The zero-order chi connectivity index (χ0) is 25.4. The summed E-state index contributed by atoms with van der Waals surface area (Å²) in [5, 5.41) is 9.55. The summed E-state index contributed by atoms with van der Waals surface area (Å²) in [6.45, 7) is 4.57. The lowest BCUT2D eigenvalue weighted by atomic mass is 10.1. The number of methoxy groups -OCH3 is 1. The lowest BCUT2D eigenvalue weighted by Crippen LogP contribution is -2.38. The van der Waals surface area contributed by atoms with Gasteiger partial charge in [0.25, 0.3) is 0 Å². The molecule has 188 valence electrons. The lowest BCUT2D eigenvalue weighted by molar-refractivity contribution is -0.137. The number of aromatic amines is 1. The Labute approximate surface area is 199 Å². The molecule has 1 fully saturated rings. The first kappa shape index (κ1) is 25.0. The van der Waals surface area contributed by atoms with Gasteiger partial charge in [-0.2, -0.15) is 13.2 Å². The molecule has 3 heterocycles. The van der Waals surface area contributed by atoms with Crippen LogP contribution >= 0.6 is 7.14 Å². The molecule has 1 atom stereocenters. The number of anilines is 2. The number of halogens is 3. The third-order valence-electron chi connectivity index (χ3n) is 5.77. The molecule has 2 aromatic heterocycles.